The van der Waals surface area contributed by atoms with Gasteiger partial charge in [-0.15, -0.1) is 11.3 Å². The summed E-state index contributed by atoms with van der Waals surface area (Å²) < 4.78 is 14.2. The Balaban J connectivity index is 1.93. The Kier molecular flexibility index (Phi) is 4.52. The summed E-state index contributed by atoms with van der Waals surface area (Å²) in [4.78, 5) is 11.8. The Morgan fingerprint density at radius 2 is 2.11 bits per heavy atom. The number of hydrogen-bond donors (Lipinski definition) is 2. The van der Waals surface area contributed by atoms with Gasteiger partial charge in [-0.05, 0) is 29.8 Å². The number of aromatic carboxylic acids is 1. The summed E-state index contributed by atoms with van der Waals surface area (Å²) in [5, 5.41) is 11.9. The van der Waals surface area contributed by atoms with E-state index in [1.807, 2.05) is 12.1 Å². The lowest BCUT2D eigenvalue weighted by atomic mass is 10.1. The van der Waals surface area contributed by atoms with Crippen molar-refractivity contribution in [1.29, 1.82) is 0 Å². The number of halogens is 2. The van der Waals surface area contributed by atoms with Crippen LogP contribution in [0.15, 0.2) is 30.3 Å². The third kappa shape index (κ3) is 3.76. The number of thiophene rings is 1. The molecule has 0 spiro atoms. The first-order chi connectivity index (χ1) is 9.06. The number of carboxylic acid groups (broad SMARTS) is 1. The average molecular weight is 300 g/mol. The molecule has 0 aliphatic heterocycles. The van der Waals surface area contributed by atoms with E-state index in [-0.39, 0.29) is 5.56 Å². The zero-order valence-corrected chi connectivity index (χ0v) is 11.4. The standard InChI is InChI=1S/C13H11ClFNO2S/c14-12-4-2-9(19-12)7-16-6-8-1-3-10(13(17)18)11(15)5-8/h1-5,16H,6-7H2,(H,17,18). The number of nitrogens with one attached hydrogen (secondary N) is 1. The molecule has 0 aliphatic carbocycles. The maximum atomic E-state index is 13.4. The van der Waals surface area contributed by atoms with Crippen molar-refractivity contribution in [2.45, 2.75) is 13.1 Å². The normalized spacial score (nSPS) is 10.6. The van der Waals surface area contributed by atoms with Crippen LogP contribution in [-0.2, 0) is 13.1 Å². The van der Waals surface area contributed by atoms with Gasteiger partial charge in [-0.2, -0.15) is 0 Å². The van der Waals surface area contributed by atoms with Gasteiger partial charge >= 0.3 is 5.97 Å². The van der Waals surface area contributed by atoms with Crippen LogP contribution in [0.4, 0.5) is 4.39 Å². The molecule has 0 atom stereocenters. The maximum Gasteiger partial charge on any atom is 0.338 e. The SMILES string of the molecule is O=C(O)c1ccc(CNCc2ccc(Cl)s2)cc1F. The molecule has 0 fully saturated rings. The molecular weight excluding hydrogens is 289 g/mol. The summed E-state index contributed by atoms with van der Waals surface area (Å²) in [5.41, 5.74) is 0.388. The predicted molar refractivity (Wildman–Crippen MR) is 73.2 cm³/mol. The highest BCUT2D eigenvalue weighted by atomic mass is 35.5. The van der Waals surface area contributed by atoms with Gasteiger partial charge in [0.1, 0.15) is 5.82 Å². The van der Waals surface area contributed by atoms with E-state index in [1.54, 1.807) is 6.07 Å². The van der Waals surface area contributed by atoms with Gasteiger partial charge in [-0.1, -0.05) is 17.7 Å². The van der Waals surface area contributed by atoms with Gasteiger partial charge in [-0.3, -0.25) is 0 Å². The van der Waals surface area contributed by atoms with Gasteiger partial charge < -0.3 is 10.4 Å². The van der Waals surface area contributed by atoms with Crippen LogP contribution in [-0.4, -0.2) is 11.1 Å². The van der Waals surface area contributed by atoms with E-state index in [1.165, 1.54) is 23.5 Å². The Labute approximate surface area is 118 Å². The number of hydrogen-bond acceptors (Lipinski definition) is 3. The molecule has 0 amide bonds. The average Bonchev–Trinajstić information content (AvgIpc) is 2.75. The van der Waals surface area contributed by atoms with Crippen LogP contribution in [0.5, 0.6) is 0 Å². The van der Waals surface area contributed by atoms with Crippen molar-refractivity contribution in [3.63, 3.8) is 0 Å². The lowest BCUT2D eigenvalue weighted by Crippen LogP contribution is -2.12. The molecule has 2 rings (SSSR count). The molecular formula is C13H11ClFNO2S. The predicted octanol–water partition coefficient (Wildman–Crippen LogP) is 3.53. The molecule has 6 heteroatoms. The molecule has 0 unspecified atom stereocenters. The van der Waals surface area contributed by atoms with Gasteiger partial charge in [0.2, 0.25) is 0 Å². The molecule has 2 aromatic rings. The molecule has 19 heavy (non-hydrogen) atoms. The Hall–Kier alpha value is -1.43. The largest absolute Gasteiger partial charge is 0.478 e. The second-order valence-corrected chi connectivity index (χ2v) is 5.73. The van der Waals surface area contributed by atoms with Crippen LogP contribution < -0.4 is 5.32 Å². The first kappa shape index (κ1) is 14.0. The molecule has 0 aliphatic rings. The van der Waals surface area contributed by atoms with Crippen LogP contribution in [0.1, 0.15) is 20.8 Å². The number of carbonyl (C=O) groups is 1. The van der Waals surface area contributed by atoms with Gasteiger partial charge in [-0.25, -0.2) is 9.18 Å². The molecule has 0 radical (unpaired) electrons. The van der Waals surface area contributed by atoms with Crippen molar-refractivity contribution in [2.24, 2.45) is 0 Å². The molecule has 1 aromatic heterocycles. The van der Waals surface area contributed by atoms with Crippen molar-refractivity contribution >= 4 is 28.9 Å². The van der Waals surface area contributed by atoms with Crippen molar-refractivity contribution in [2.75, 3.05) is 0 Å². The molecule has 3 nitrogen and oxygen atoms in total. The third-order valence-electron chi connectivity index (χ3n) is 2.52. The highest BCUT2D eigenvalue weighted by molar-refractivity contribution is 7.16. The summed E-state index contributed by atoms with van der Waals surface area (Å²) >= 11 is 7.29. The van der Waals surface area contributed by atoms with E-state index < -0.39 is 11.8 Å². The fourth-order valence-corrected chi connectivity index (χ4v) is 2.68. The quantitative estimate of drug-likeness (QED) is 0.888. The van der Waals surface area contributed by atoms with E-state index in [0.717, 1.165) is 9.21 Å². The van der Waals surface area contributed by atoms with Gasteiger partial charge in [0, 0.05) is 18.0 Å². The van der Waals surface area contributed by atoms with Crippen molar-refractivity contribution < 1.29 is 14.3 Å². The molecule has 1 heterocycles. The first-order valence-electron chi connectivity index (χ1n) is 5.53. The number of rotatable bonds is 5. The van der Waals surface area contributed by atoms with Crippen LogP contribution in [0.3, 0.4) is 0 Å². The van der Waals surface area contributed by atoms with E-state index in [0.29, 0.717) is 18.7 Å². The first-order valence-corrected chi connectivity index (χ1v) is 6.72. The summed E-state index contributed by atoms with van der Waals surface area (Å²) in [5.74, 6) is -1.98. The van der Waals surface area contributed by atoms with E-state index >= 15 is 0 Å². The third-order valence-corrected chi connectivity index (χ3v) is 3.75. The lowest BCUT2D eigenvalue weighted by molar-refractivity contribution is 0.0692. The van der Waals surface area contributed by atoms with E-state index in [9.17, 15) is 9.18 Å². The summed E-state index contributed by atoms with van der Waals surface area (Å²) in [6.45, 7) is 1.10. The van der Waals surface area contributed by atoms with Crippen molar-refractivity contribution in [1.82, 2.24) is 5.32 Å². The minimum atomic E-state index is -1.26. The summed E-state index contributed by atoms with van der Waals surface area (Å²) in [7, 11) is 0. The zero-order chi connectivity index (χ0) is 13.8. The van der Waals surface area contributed by atoms with E-state index in [2.05, 4.69) is 5.32 Å². The second-order valence-electron chi connectivity index (χ2n) is 3.93. The highest BCUT2D eigenvalue weighted by Gasteiger charge is 2.10. The molecule has 0 saturated carbocycles. The number of carboxylic acids is 1. The maximum absolute atomic E-state index is 13.4. The van der Waals surface area contributed by atoms with Crippen molar-refractivity contribution in [3.05, 3.63) is 56.5 Å². The number of benzene rings is 1. The Bertz CT molecular complexity index is 600. The Morgan fingerprint density at radius 1 is 1.32 bits per heavy atom. The van der Waals surface area contributed by atoms with Crippen LogP contribution in [0.2, 0.25) is 4.34 Å². The fourth-order valence-electron chi connectivity index (χ4n) is 1.62. The zero-order valence-electron chi connectivity index (χ0n) is 9.82. The topological polar surface area (TPSA) is 49.3 Å². The molecule has 1 aromatic carbocycles. The highest BCUT2D eigenvalue weighted by Crippen LogP contribution is 2.21. The molecule has 0 saturated heterocycles. The smallest absolute Gasteiger partial charge is 0.338 e. The lowest BCUT2D eigenvalue weighted by Gasteiger charge is -2.05. The van der Waals surface area contributed by atoms with Gasteiger partial charge in [0.15, 0.2) is 0 Å². The van der Waals surface area contributed by atoms with Crippen molar-refractivity contribution in [3.8, 4) is 0 Å². The summed E-state index contributed by atoms with van der Waals surface area (Å²) in [6.07, 6.45) is 0. The minimum absolute atomic E-state index is 0.311. The molecule has 0 bridgehead atoms. The monoisotopic (exact) mass is 299 g/mol. The van der Waals surface area contributed by atoms with Gasteiger partial charge in [0.25, 0.3) is 0 Å². The second kappa shape index (κ2) is 6.14. The Morgan fingerprint density at radius 3 is 2.68 bits per heavy atom. The van der Waals surface area contributed by atoms with Crippen LogP contribution in [0, 0.1) is 5.82 Å². The molecule has 2 N–H and O–H groups in total. The molecule has 100 valence electrons. The van der Waals surface area contributed by atoms with E-state index in [4.69, 9.17) is 16.7 Å². The van der Waals surface area contributed by atoms with Crippen LogP contribution >= 0.6 is 22.9 Å². The summed E-state index contributed by atoms with van der Waals surface area (Å²) in [6, 6.07) is 7.86. The van der Waals surface area contributed by atoms with Gasteiger partial charge in [0.05, 0.1) is 9.90 Å². The fraction of sp³-hybridized carbons (Fsp3) is 0.154. The minimum Gasteiger partial charge on any atom is -0.478 e. The van der Waals surface area contributed by atoms with Crippen LogP contribution in [0.25, 0.3) is 0 Å².